The summed E-state index contributed by atoms with van der Waals surface area (Å²) < 4.78 is 23.3. The average molecular weight is 516 g/mol. The third-order valence-electron chi connectivity index (χ3n) is 5.75. The quantitative estimate of drug-likeness (QED) is 0.464. The molecule has 0 fully saturated rings. The Hall–Kier alpha value is -4.55. The number of nitriles is 1. The van der Waals surface area contributed by atoms with Gasteiger partial charge in [0, 0.05) is 15.5 Å². The Bertz CT molecular complexity index is 1430. The lowest BCUT2D eigenvalue weighted by molar-refractivity contribution is -0.139. The van der Waals surface area contributed by atoms with Crippen molar-refractivity contribution in [2.24, 2.45) is 5.73 Å². The molecule has 1 aliphatic rings. The molecule has 0 radical (unpaired) electrons. The summed E-state index contributed by atoms with van der Waals surface area (Å²) in [5.41, 5.74) is 7.42. The number of halogens is 1. The minimum Gasteiger partial charge on any atom is -0.466 e. The van der Waals surface area contributed by atoms with Crippen molar-refractivity contribution in [2.45, 2.75) is 15.7 Å². The van der Waals surface area contributed by atoms with Crippen LogP contribution in [0.4, 0.5) is 10.1 Å². The molecule has 1 aliphatic heterocycles. The van der Waals surface area contributed by atoms with Crippen LogP contribution in [-0.4, -0.2) is 26.2 Å². The van der Waals surface area contributed by atoms with Crippen molar-refractivity contribution in [2.75, 3.05) is 19.1 Å². The maximum Gasteiger partial charge on any atom is 0.355 e. The fourth-order valence-electron chi connectivity index (χ4n) is 4.08. The first-order valence-corrected chi connectivity index (χ1v) is 11.9. The van der Waals surface area contributed by atoms with Gasteiger partial charge in [0.15, 0.2) is 0 Å². The lowest BCUT2D eigenvalue weighted by Gasteiger charge is -2.35. The van der Waals surface area contributed by atoms with E-state index in [9.17, 15) is 19.2 Å². The molecule has 1 unspecified atom stereocenters. The van der Waals surface area contributed by atoms with Crippen molar-refractivity contribution in [3.05, 3.63) is 113 Å². The third-order valence-corrected chi connectivity index (χ3v) is 6.77. The monoisotopic (exact) mass is 515 g/mol. The van der Waals surface area contributed by atoms with E-state index in [4.69, 9.17) is 15.2 Å². The number of anilines is 1. The number of benzene rings is 3. The number of allylic oxidation sites excluding steroid dienone is 1. The Morgan fingerprint density at radius 2 is 1.49 bits per heavy atom. The Morgan fingerprint density at radius 1 is 0.919 bits per heavy atom. The van der Waals surface area contributed by atoms with E-state index in [0.717, 1.165) is 9.79 Å². The Balaban J connectivity index is 1.86. The number of ether oxygens (including phenoxy) is 2. The Morgan fingerprint density at radius 3 is 2.03 bits per heavy atom. The van der Waals surface area contributed by atoms with Crippen LogP contribution in [0.15, 0.2) is 111 Å². The van der Waals surface area contributed by atoms with E-state index in [2.05, 4.69) is 6.07 Å². The highest BCUT2D eigenvalue weighted by Crippen LogP contribution is 2.43. The zero-order valence-corrected chi connectivity index (χ0v) is 20.8. The molecule has 1 atom stereocenters. The van der Waals surface area contributed by atoms with Crippen LogP contribution in [0.25, 0.3) is 0 Å². The molecule has 0 aliphatic carbocycles. The number of carbonyl (C=O) groups is 2. The first-order valence-electron chi connectivity index (χ1n) is 11.1. The molecular weight excluding hydrogens is 493 g/mol. The van der Waals surface area contributed by atoms with E-state index in [1.54, 1.807) is 66.7 Å². The molecule has 0 amide bonds. The van der Waals surface area contributed by atoms with E-state index < -0.39 is 17.9 Å². The second kappa shape index (κ2) is 11.0. The highest BCUT2D eigenvalue weighted by Gasteiger charge is 2.42. The molecule has 1 heterocycles. The standard InChI is InChI=1S/C28H22FN3O4S/c1-35-27(33)24-23(17-6-4-3-5-7-17)22(16-30)26(31)32(25(24)28(34)36-2)19-10-14-21(15-11-19)37-20-12-8-18(29)9-13-20/h3-15,23H,31H2,1-2H3. The lowest BCUT2D eigenvalue weighted by Crippen LogP contribution is -2.40. The van der Waals surface area contributed by atoms with Crippen LogP contribution in [0, 0.1) is 17.1 Å². The summed E-state index contributed by atoms with van der Waals surface area (Å²) in [6, 6.07) is 24.0. The van der Waals surface area contributed by atoms with Crippen LogP contribution in [0.3, 0.4) is 0 Å². The van der Waals surface area contributed by atoms with Gasteiger partial charge in [-0.1, -0.05) is 42.1 Å². The zero-order chi connectivity index (χ0) is 26.5. The number of esters is 2. The summed E-state index contributed by atoms with van der Waals surface area (Å²) in [4.78, 5) is 29.2. The minimum atomic E-state index is -0.933. The van der Waals surface area contributed by atoms with Crippen LogP contribution in [-0.2, 0) is 19.1 Å². The largest absolute Gasteiger partial charge is 0.466 e. The lowest BCUT2D eigenvalue weighted by atomic mass is 9.81. The van der Waals surface area contributed by atoms with Crippen molar-refractivity contribution >= 4 is 29.4 Å². The second-order valence-corrected chi connectivity index (χ2v) is 9.03. The summed E-state index contributed by atoms with van der Waals surface area (Å²) in [6.07, 6.45) is 0. The number of hydrogen-bond acceptors (Lipinski definition) is 8. The molecule has 0 spiro atoms. The predicted molar refractivity (Wildman–Crippen MR) is 137 cm³/mol. The fraction of sp³-hybridized carbons (Fsp3) is 0.107. The summed E-state index contributed by atoms with van der Waals surface area (Å²) >= 11 is 1.42. The van der Waals surface area contributed by atoms with Gasteiger partial charge in [-0.25, -0.2) is 14.0 Å². The highest BCUT2D eigenvalue weighted by atomic mass is 32.2. The third kappa shape index (κ3) is 5.06. The van der Waals surface area contributed by atoms with Crippen LogP contribution >= 0.6 is 11.8 Å². The van der Waals surface area contributed by atoms with Crippen molar-refractivity contribution < 1.29 is 23.5 Å². The van der Waals surface area contributed by atoms with Gasteiger partial charge in [0.25, 0.3) is 0 Å². The Labute approximate surface area is 217 Å². The number of rotatable bonds is 6. The number of nitrogens with zero attached hydrogens (tertiary/aromatic N) is 2. The summed E-state index contributed by atoms with van der Waals surface area (Å²) in [6.45, 7) is 0. The minimum absolute atomic E-state index is 0.0108. The van der Waals surface area contributed by atoms with Gasteiger partial charge >= 0.3 is 11.9 Å². The number of methoxy groups -OCH3 is 2. The second-order valence-electron chi connectivity index (χ2n) is 7.89. The summed E-state index contributed by atoms with van der Waals surface area (Å²) in [5, 5.41) is 10.1. The molecule has 9 heteroatoms. The van der Waals surface area contributed by atoms with E-state index in [1.807, 2.05) is 0 Å². The first kappa shape index (κ1) is 25.5. The molecule has 0 saturated heterocycles. The number of nitrogens with two attached hydrogens (primary N) is 1. The number of carbonyl (C=O) groups excluding carboxylic acids is 2. The topological polar surface area (TPSA) is 106 Å². The van der Waals surface area contributed by atoms with Crippen molar-refractivity contribution in [3.8, 4) is 6.07 Å². The molecular formula is C28H22FN3O4S. The maximum absolute atomic E-state index is 13.2. The van der Waals surface area contributed by atoms with E-state index in [1.165, 1.54) is 43.0 Å². The molecule has 0 aromatic heterocycles. The van der Waals surface area contributed by atoms with E-state index in [-0.39, 0.29) is 28.5 Å². The molecule has 0 saturated carbocycles. The van der Waals surface area contributed by atoms with Gasteiger partial charge in [0.05, 0.1) is 37.4 Å². The molecule has 2 N–H and O–H groups in total. The van der Waals surface area contributed by atoms with Gasteiger partial charge in [-0.15, -0.1) is 0 Å². The number of hydrogen-bond donors (Lipinski definition) is 1. The predicted octanol–water partition coefficient (Wildman–Crippen LogP) is 4.87. The van der Waals surface area contributed by atoms with Gasteiger partial charge < -0.3 is 15.2 Å². The molecule has 3 aromatic carbocycles. The average Bonchev–Trinajstić information content (AvgIpc) is 2.93. The molecule has 7 nitrogen and oxygen atoms in total. The maximum atomic E-state index is 13.2. The van der Waals surface area contributed by atoms with Gasteiger partial charge in [-0.3, -0.25) is 4.90 Å². The summed E-state index contributed by atoms with van der Waals surface area (Å²) in [7, 11) is 2.40. The van der Waals surface area contributed by atoms with Gasteiger partial charge in [-0.2, -0.15) is 5.26 Å². The van der Waals surface area contributed by atoms with Crippen molar-refractivity contribution in [3.63, 3.8) is 0 Å². The highest BCUT2D eigenvalue weighted by molar-refractivity contribution is 7.99. The molecule has 37 heavy (non-hydrogen) atoms. The summed E-state index contributed by atoms with van der Waals surface area (Å²) in [5.74, 6) is -2.87. The smallest absolute Gasteiger partial charge is 0.355 e. The van der Waals surface area contributed by atoms with Crippen LogP contribution in [0.1, 0.15) is 11.5 Å². The van der Waals surface area contributed by atoms with E-state index in [0.29, 0.717) is 11.3 Å². The molecule has 3 aromatic rings. The molecule has 4 rings (SSSR count). The van der Waals surface area contributed by atoms with Gasteiger partial charge in [-0.05, 0) is 54.1 Å². The van der Waals surface area contributed by atoms with Gasteiger partial charge in [0.2, 0.25) is 0 Å². The molecule has 0 bridgehead atoms. The van der Waals surface area contributed by atoms with Crippen molar-refractivity contribution in [1.29, 1.82) is 5.26 Å². The SMILES string of the molecule is COC(=O)C1=C(C(=O)OC)N(c2ccc(Sc3ccc(F)cc3)cc2)C(N)=C(C#N)C1c1ccccc1. The van der Waals surface area contributed by atoms with Crippen LogP contribution < -0.4 is 10.6 Å². The van der Waals surface area contributed by atoms with Gasteiger partial charge in [0.1, 0.15) is 17.3 Å². The van der Waals surface area contributed by atoms with Crippen LogP contribution in [0.2, 0.25) is 0 Å². The first-order chi connectivity index (χ1) is 17.9. The van der Waals surface area contributed by atoms with Crippen molar-refractivity contribution in [1.82, 2.24) is 0 Å². The van der Waals surface area contributed by atoms with Crippen LogP contribution in [0.5, 0.6) is 0 Å². The normalized spacial score (nSPS) is 15.3. The Kier molecular flexibility index (Phi) is 7.60. The zero-order valence-electron chi connectivity index (χ0n) is 20.0. The fourth-order valence-corrected chi connectivity index (χ4v) is 4.90. The molecule has 186 valence electrons. The van der Waals surface area contributed by atoms with E-state index >= 15 is 0 Å².